The van der Waals surface area contributed by atoms with Crippen molar-refractivity contribution in [2.75, 3.05) is 14.2 Å². The van der Waals surface area contributed by atoms with Gasteiger partial charge in [0.1, 0.15) is 11.5 Å². The van der Waals surface area contributed by atoms with Gasteiger partial charge in [0.2, 0.25) is 11.7 Å². The molecule has 6 heteroatoms. The molecule has 0 amide bonds. The molecule has 0 bridgehead atoms. The third kappa shape index (κ3) is 3.33. The highest BCUT2D eigenvalue weighted by Crippen LogP contribution is 2.30. The van der Waals surface area contributed by atoms with Crippen LogP contribution in [-0.2, 0) is 5.54 Å². The largest absolute Gasteiger partial charge is 0.497 e. The van der Waals surface area contributed by atoms with E-state index in [9.17, 15) is 0 Å². The molecule has 0 radical (unpaired) electrons. The number of nitrogens with zero attached hydrogens (tertiary/aromatic N) is 2. The van der Waals surface area contributed by atoms with Crippen molar-refractivity contribution in [1.82, 2.24) is 10.1 Å². The molecule has 0 fully saturated rings. The predicted octanol–water partition coefficient (Wildman–Crippen LogP) is 2.73. The summed E-state index contributed by atoms with van der Waals surface area (Å²) in [6.45, 7) is 3.95. The van der Waals surface area contributed by atoms with Crippen LogP contribution >= 0.6 is 0 Å². The van der Waals surface area contributed by atoms with Gasteiger partial charge in [0.25, 0.3) is 0 Å². The Morgan fingerprint density at radius 3 is 2.33 bits per heavy atom. The highest BCUT2D eigenvalue weighted by atomic mass is 16.5. The lowest BCUT2D eigenvalue weighted by Crippen LogP contribution is -2.33. The normalized spacial score (nSPS) is 13.8. The molecule has 1 heterocycles. The molecule has 1 atom stereocenters. The molecule has 1 aromatic heterocycles. The van der Waals surface area contributed by atoms with E-state index in [1.54, 1.807) is 20.3 Å². The molecular weight excluding hydrogens is 270 g/mol. The van der Waals surface area contributed by atoms with Gasteiger partial charge >= 0.3 is 0 Å². The lowest BCUT2D eigenvalue weighted by molar-refractivity contribution is 0.284. The molecule has 114 valence electrons. The van der Waals surface area contributed by atoms with Crippen LogP contribution in [0.3, 0.4) is 0 Å². The molecule has 0 spiro atoms. The van der Waals surface area contributed by atoms with Crippen LogP contribution in [0.1, 0.15) is 32.6 Å². The fourth-order valence-corrected chi connectivity index (χ4v) is 2.14. The summed E-state index contributed by atoms with van der Waals surface area (Å²) >= 11 is 0. The summed E-state index contributed by atoms with van der Waals surface area (Å²) in [5, 5.41) is 4.01. The summed E-state index contributed by atoms with van der Waals surface area (Å²) in [4.78, 5) is 4.41. The maximum absolute atomic E-state index is 6.21. The van der Waals surface area contributed by atoms with Crippen LogP contribution in [0.5, 0.6) is 11.5 Å². The zero-order valence-corrected chi connectivity index (χ0v) is 12.8. The van der Waals surface area contributed by atoms with Crippen LogP contribution in [0, 0.1) is 0 Å². The second kappa shape index (κ2) is 6.13. The third-order valence-corrected chi connectivity index (χ3v) is 3.29. The van der Waals surface area contributed by atoms with Gasteiger partial charge in [0.05, 0.1) is 19.8 Å². The Morgan fingerprint density at radius 1 is 1.19 bits per heavy atom. The summed E-state index contributed by atoms with van der Waals surface area (Å²) in [5.41, 5.74) is 6.34. The Hall–Kier alpha value is -2.08. The molecule has 1 aromatic carbocycles. The van der Waals surface area contributed by atoms with Crippen molar-refractivity contribution in [2.45, 2.75) is 32.2 Å². The molecule has 0 aliphatic carbocycles. The number of hydrogen-bond donors (Lipinski definition) is 1. The van der Waals surface area contributed by atoms with Crippen molar-refractivity contribution < 1.29 is 14.0 Å². The Bertz CT molecular complexity index is 586. The molecule has 2 N–H and O–H groups in total. The molecular formula is C15H21N3O3. The predicted molar refractivity (Wildman–Crippen MR) is 79.3 cm³/mol. The van der Waals surface area contributed by atoms with E-state index in [-0.39, 0.29) is 0 Å². The van der Waals surface area contributed by atoms with Crippen molar-refractivity contribution in [3.05, 3.63) is 24.1 Å². The molecule has 2 aromatic rings. The number of ether oxygens (including phenoxy) is 2. The average molecular weight is 291 g/mol. The monoisotopic (exact) mass is 291 g/mol. The molecule has 1 unspecified atom stereocenters. The van der Waals surface area contributed by atoms with E-state index < -0.39 is 5.54 Å². The van der Waals surface area contributed by atoms with Gasteiger partial charge in [-0.05, 0) is 25.5 Å². The van der Waals surface area contributed by atoms with Crippen molar-refractivity contribution in [2.24, 2.45) is 5.73 Å². The van der Waals surface area contributed by atoms with E-state index in [4.69, 9.17) is 19.7 Å². The Balaban J connectivity index is 2.37. The fraction of sp³-hybridized carbons (Fsp3) is 0.467. The van der Waals surface area contributed by atoms with Crippen molar-refractivity contribution in [3.8, 4) is 22.9 Å². The summed E-state index contributed by atoms with van der Waals surface area (Å²) < 4.78 is 15.8. The third-order valence-electron chi connectivity index (χ3n) is 3.29. The summed E-state index contributed by atoms with van der Waals surface area (Å²) in [6.07, 6.45) is 1.72. The quantitative estimate of drug-likeness (QED) is 0.881. The molecule has 0 saturated heterocycles. The van der Waals surface area contributed by atoms with Crippen LogP contribution in [0.2, 0.25) is 0 Å². The Morgan fingerprint density at radius 2 is 1.81 bits per heavy atom. The first kappa shape index (κ1) is 15.3. The van der Waals surface area contributed by atoms with Crippen LogP contribution in [0.4, 0.5) is 0 Å². The SMILES string of the molecule is CCCC(C)(N)c1nc(-c2cc(OC)cc(OC)c2)no1. The number of hydrogen-bond acceptors (Lipinski definition) is 6. The smallest absolute Gasteiger partial charge is 0.246 e. The zero-order chi connectivity index (χ0) is 15.5. The lowest BCUT2D eigenvalue weighted by Gasteiger charge is -2.18. The fourth-order valence-electron chi connectivity index (χ4n) is 2.14. The number of aromatic nitrogens is 2. The number of methoxy groups -OCH3 is 2. The van der Waals surface area contributed by atoms with Crippen LogP contribution < -0.4 is 15.2 Å². The topological polar surface area (TPSA) is 83.4 Å². The minimum absolute atomic E-state index is 0.432. The summed E-state index contributed by atoms with van der Waals surface area (Å²) in [6, 6.07) is 5.43. The summed E-state index contributed by atoms with van der Waals surface area (Å²) in [7, 11) is 3.19. The van der Waals surface area contributed by atoms with E-state index in [0.29, 0.717) is 23.2 Å². The van der Waals surface area contributed by atoms with Crippen molar-refractivity contribution in [1.29, 1.82) is 0 Å². The Kier molecular flexibility index (Phi) is 4.47. The molecule has 0 aliphatic rings. The first-order valence-corrected chi connectivity index (χ1v) is 6.86. The van der Waals surface area contributed by atoms with E-state index in [1.807, 2.05) is 19.1 Å². The van der Waals surface area contributed by atoms with Gasteiger partial charge in [0.15, 0.2) is 0 Å². The van der Waals surface area contributed by atoms with Gasteiger partial charge < -0.3 is 19.7 Å². The summed E-state index contributed by atoms with van der Waals surface area (Å²) in [5.74, 6) is 2.23. The van der Waals surface area contributed by atoms with Gasteiger partial charge in [0, 0.05) is 11.6 Å². The standard InChI is InChI=1S/C15H21N3O3/c1-5-6-15(2,16)14-17-13(18-21-14)10-7-11(19-3)9-12(8-10)20-4/h7-9H,5-6,16H2,1-4H3. The molecule has 21 heavy (non-hydrogen) atoms. The zero-order valence-electron chi connectivity index (χ0n) is 12.8. The number of rotatable bonds is 6. The van der Waals surface area contributed by atoms with Gasteiger partial charge in [-0.25, -0.2) is 0 Å². The average Bonchev–Trinajstić information content (AvgIpc) is 2.97. The molecule has 6 nitrogen and oxygen atoms in total. The van der Waals surface area contributed by atoms with Crippen molar-refractivity contribution >= 4 is 0 Å². The van der Waals surface area contributed by atoms with Gasteiger partial charge in [-0.3, -0.25) is 0 Å². The molecule has 0 aliphatic heterocycles. The number of nitrogens with two attached hydrogens (primary N) is 1. The minimum atomic E-state index is -0.622. The van der Waals surface area contributed by atoms with Crippen LogP contribution in [0.15, 0.2) is 22.7 Å². The van der Waals surface area contributed by atoms with Gasteiger partial charge in [-0.15, -0.1) is 0 Å². The van der Waals surface area contributed by atoms with E-state index in [2.05, 4.69) is 17.1 Å². The molecule has 2 rings (SSSR count). The minimum Gasteiger partial charge on any atom is -0.497 e. The first-order valence-electron chi connectivity index (χ1n) is 6.86. The second-order valence-corrected chi connectivity index (χ2v) is 5.19. The van der Waals surface area contributed by atoms with E-state index >= 15 is 0 Å². The Labute approximate surface area is 124 Å². The van der Waals surface area contributed by atoms with E-state index in [1.165, 1.54) is 0 Å². The lowest BCUT2D eigenvalue weighted by atomic mass is 9.98. The molecule has 0 saturated carbocycles. The second-order valence-electron chi connectivity index (χ2n) is 5.19. The maximum atomic E-state index is 6.21. The van der Waals surface area contributed by atoms with Crippen molar-refractivity contribution in [3.63, 3.8) is 0 Å². The highest BCUT2D eigenvalue weighted by molar-refractivity contribution is 5.60. The van der Waals surface area contributed by atoms with Gasteiger partial charge in [-0.1, -0.05) is 18.5 Å². The van der Waals surface area contributed by atoms with E-state index in [0.717, 1.165) is 18.4 Å². The van der Waals surface area contributed by atoms with Crippen LogP contribution in [0.25, 0.3) is 11.4 Å². The highest BCUT2D eigenvalue weighted by Gasteiger charge is 2.27. The van der Waals surface area contributed by atoms with Gasteiger partial charge in [-0.2, -0.15) is 4.98 Å². The maximum Gasteiger partial charge on any atom is 0.246 e. The number of benzene rings is 1. The van der Waals surface area contributed by atoms with Crippen LogP contribution in [-0.4, -0.2) is 24.4 Å². The first-order chi connectivity index (χ1) is 10.00.